The molecular formula is C29H42N4O12S. The first-order valence-electron chi connectivity index (χ1n) is 15.1. The van der Waals surface area contributed by atoms with Crippen molar-refractivity contribution >= 4 is 22.3 Å². The lowest BCUT2D eigenvalue weighted by Crippen LogP contribution is -2.44. The molecule has 1 fully saturated rings. The number of aromatic nitrogens is 2. The van der Waals surface area contributed by atoms with Crippen molar-refractivity contribution in [1.82, 2.24) is 19.6 Å². The largest absolute Gasteiger partial charge is 0.447 e. The topological polar surface area (TPSA) is 236 Å². The fourth-order valence-corrected chi connectivity index (χ4v) is 5.46. The Balaban J connectivity index is 1.52. The second-order valence-corrected chi connectivity index (χ2v) is 12.3. The van der Waals surface area contributed by atoms with Gasteiger partial charge in [-0.1, -0.05) is 75.8 Å². The van der Waals surface area contributed by atoms with E-state index in [4.69, 9.17) is 13.7 Å². The number of hydrogen-bond donors (Lipinski definition) is 6. The third-order valence-corrected chi connectivity index (χ3v) is 8.19. The van der Waals surface area contributed by atoms with Gasteiger partial charge in [-0.05, 0) is 12.0 Å². The molecule has 1 aliphatic heterocycles. The van der Waals surface area contributed by atoms with E-state index in [9.17, 15) is 42.9 Å². The molecule has 2 heterocycles. The minimum absolute atomic E-state index is 0.196. The minimum atomic E-state index is -4.84. The first-order chi connectivity index (χ1) is 21.9. The average molecular weight is 671 g/mol. The Bertz CT molecular complexity index is 1480. The van der Waals surface area contributed by atoms with E-state index in [1.165, 1.54) is 11.1 Å². The Morgan fingerprint density at radius 1 is 1.02 bits per heavy atom. The van der Waals surface area contributed by atoms with Crippen molar-refractivity contribution in [3.05, 3.63) is 69.0 Å². The van der Waals surface area contributed by atoms with Gasteiger partial charge in [0.2, 0.25) is 5.91 Å². The lowest BCUT2D eigenvalue weighted by Gasteiger charge is -2.24. The van der Waals surface area contributed by atoms with E-state index in [0.717, 1.165) is 48.9 Å². The molecule has 1 aromatic carbocycles. The van der Waals surface area contributed by atoms with Crippen LogP contribution in [-0.2, 0) is 28.8 Å². The van der Waals surface area contributed by atoms with Gasteiger partial charge in [-0.2, -0.15) is 13.1 Å². The normalized spacial score (nSPS) is 21.0. The molecule has 2 amide bonds. The molecule has 256 valence electrons. The number of carbonyl (C=O) groups is 2. The number of ether oxygens (including phenoxy) is 2. The lowest BCUT2D eigenvalue weighted by molar-refractivity contribution is -0.123. The zero-order chi connectivity index (χ0) is 33.7. The minimum Gasteiger partial charge on any atom is -0.447 e. The number of hydrogen-bond acceptors (Lipinski definition) is 12. The van der Waals surface area contributed by atoms with Crippen LogP contribution >= 0.6 is 0 Å². The number of rotatable bonds is 18. The van der Waals surface area contributed by atoms with Crippen molar-refractivity contribution in [2.24, 2.45) is 0 Å². The molecule has 46 heavy (non-hydrogen) atoms. The van der Waals surface area contributed by atoms with Crippen molar-refractivity contribution in [2.75, 3.05) is 13.2 Å². The molecule has 3 rings (SSSR count). The monoisotopic (exact) mass is 670 g/mol. The van der Waals surface area contributed by atoms with Crippen LogP contribution in [0.2, 0.25) is 0 Å². The molecule has 16 nitrogen and oxygen atoms in total. The van der Waals surface area contributed by atoms with Crippen LogP contribution in [0.15, 0.2) is 52.2 Å². The summed E-state index contributed by atoms with van der Waals surface area (Å²) >= 11 is 0. The van der Waals surface area contributed by atoms with Crippen molar-refractivity contribution in [3.8, 4) is 0 Å². The molecule has 1 aliphatic rings. The number of nitrogens with one attached hydrogen (secondary N) is 3. The molecule has 6 atom stereocenters. The number of benzene rings is 1. The van der Waals surface area contributed by atoms with Crippen LogP contribution in [0, 0.1) is 0 Å². The number of aliphatic hydroxyl groups is 3. The predicted octanol–water partition coefficient (Wildman–Crippen LogP) is 0.503. The van der Waals surface area contributed by atoms with Gasteiger partial charge in [0.1, 0.15) is 31.0 Å². The maximum absolute atomic E-state index is 12.6. The summed E-state index contributed by atoms with van der Waals surface area (Å²) in [6, 6.07) is 8.21. The highest BCUT2D eigenvalue weighted by atomic mass is 32.2. The Hall–Kier alpha value is -3.61. The molecule has 0 saturated carbocycles. The highest BCUT2D eigenvalue weighted by Crippen LogP contribution is 2.28. The molecule has 1 aromatic heterocycles. The van der Waals surface area contributed by atoms with Gasteiger partial charge in [-0.15, -0.1) is 0 Å². The molecule has 0 bridgehead atoms. The van der Waals surface area contributed by atoms with Gasteiger partial charge in [0.15, 0.2) is 6.23 Å². The van der Waals surface area contributed by atoms with E-state index >= 15 is 0 Å². The number of nitrogens with zero attached hydrogens (tertiary/aromatic N) is 1. The van der Waals surface area contributed by atoms with E-state index in [0.29, 0.717) is 12.0 Å². The van der Waals surface area contributed by atoms with Crippen LogP contribution < -0.4 is 21.3 Å². The first kappa shape index (κ1) is 36.9. The fraction of sp³-hybridized carbons (Fsp3) is 0.586. The van der Waals surface area contributed by atoms with Crippen molar-refractivity contribution in [3.63, 3.8) is 0 Å². The van der Waals surface area contributed by atoms with Gasteiger partial charge < -0.3 is 30.1 Å². The Kier molecular flexibility index (Phi) is 14.4. The molecule has 0 spiro atoms. The summed E-state index contributed by atoms with van der Waals surface area (Å²) in [5, 5.41) is 34.1. The van der Waals surface area contributed by atoms with Gasteiger partial charge >= 0.3 is 22.1 Å². The van der Waals surface area contributed by atoms with Crippen LogP contribution in [0.25, 0.3) is 0 Å². The fourth-order valence-electron chi connectivity index (χ4n) is 4.82. The van der Waals surface area contributed by atoms with Crippen molar-refractivity contribution in [2.45, 2.75) is 95.0 Å². The maximum atomic E-state index is 12.6. The molecule has 0 radical (unpaired) electrons. The second kappa shape index (κ2) is 17.9. The number of unbranched alkanes of at least 4 members (excludes halogenated alkanes) is 6. The van der Waals surface area contributed by atoms with Gasteiger partial charge in [0, 0.05) is 18.7 Å². The van der Waals surface area contributed by atoms with Crippen LogP contribution in [0.1, 0.15) is 76.2 Å². The van der Waals surface area contributed by atoms with Crippen molar-refractivity contribution < 1.29 is 47.0 Å². The highest BCUT2D eigenvalue weighted by molar-refractivity contribution is 7.85. The summed E-state index contributed by atoms with van der Waals surface area (Å²) < 4.78 is 42.2. The first-order valence-corrected chi connectivity index (χ1v) is 16.5. The summed E-state index contributed by atoms with van der Waals surface area (Å²) in [5.41, 5.74) is -1.21. The zero-order valence-corrected chi connectivity index (χ0v) is 26.3. The summed E-state index contributed by atoms with van der Waals surface area (Å²) in [6.07, 6.45) is -0.776. The van der Waals surface area contributed by atoms with Gasteiger partial charge in [-0.3, -0.25) is 23.3 Å². The van der Waals surface area contributed by atoms with E-state index < -0.39 is 77.5 Å². The zero-order valence-electron chi connectivity index (χ0n) is 25.4. The highest BCUT2D eigenvalue weighted by Gasteiger charge is 2.45. The van der Waals surface area contributed by atoms with Crippen LogP contribution in [0.5, 0.6) is 0 Å². The van der Waals surface area contributed by atoms with Crippen LogP contribution in [0.3, 0.4) is 0 Å². The second-order valence-electron chi connectivity index (χ2n) is 10.9. The third-order valence-electron chi connectivity index (χ3n) is 7.33. The number of H-pyrrole nitrogens is 1. The maximum Gasteiger partial charge on any atom is 0.422 e. The van der Waals surface area contributed by atoms with Crippen molar-refractivity contribution in [1.29, 1.82) is 0 Å². The lowest BCUT2D eigenvalue weighted by atomic mass is 10.0. The average Bonchev–Trinajstić information content (AvgIpc) is 3.30. The smallest absolute Gasteiger partial charge is 0.422 e. The quantitative estimate of drug-likeness (QED) is 0.119. The van der Waals surface area contributed by atoms with Crippen LogP contribution in [0.4, 0.5) is 4.79 Å². The van der Waals surface area contributed by atoms with E-state index in [1.54, 1.807) is 30.3 Å². The number of aromatic amines is 1. The van der Waals surface area contributed by atoms with E-state index in [2.05, 4.69) is 12.2 Å². The molecule has 6 N–H and O–H groups in total. The SMILES string of the molecule is CCCCCCCCCC(=O)NC(COC(=O)NS(=O)(=O)OC[C@H]1O[C@@H](n2ccc(=O)[nH]c2=O)[C@H](O)[C@@H]1O)C(O)c1ccccc1. The summed E-state index contributed by atoms with van der Waals surface area (Å²) in [5.74, 6) is -0.367. The number of aliphatic hydroxyl groups excluding tert-OH is 3. The number of amides is 2. The van der Waals surface area contributed by atoms with Gasteiger partial charge in [0.25, 0.3) is 5.56 Å². The Labute approximate surface area is 266 Å². The molecule has 2 unspecified atom stereocenters. The van der Waals surface area contributed by atoms with E-state index in [1.807, 2.05) is 4.98 Å². The number of carbonyl (C=O) groups excluding carboxylic acids is 2. The third kappa shape index (κ3) is 11.3. The summed E-state index contributed by atoms with van der Waals surface area (Å²) in [7, 11) is -4.84. The molecule has 17 heteroatoms. The summed E-state index contributed by atoms with van der Waals surface area (Å²) in [6.45, 7) is 0.668. The summed E-state index contributed by atoms with van der Waals surface area (Å²) in [4.78, 5) is 50.3. The molecule has 1 saturated heterocycles. The standard InChI is InChI=1S/C29H42N4O12S/c1-2-3-4-5-6-7-11-14-22(34)30-20(24(36)19-12-9-8-10-13-19)17-43-29(40)32-46(41,42)44-18-21-25(37)26(38)27(45-21)33-16-15-23(35)31-28(33)39/h8-10,12-13,15-16,20-21,24-27,36-38H,2-7,11,14,17-18H2,1H3,(H,30,34)(H,32,40)(H,31,35,39)/t20?,21-,24?,25-,26-,27-/m1/s1. The molecule has 2 aromatic rings. The molecular weight excluding hydrogens is 628 g/mol. The van der Waals surface area contributed by atoms with Gasteiger partial charge in [0.05, 0.1) is 12.6 Å². The Morgan fingerprint density at radius 3 is 2.37 bits per heavy atom. The van der Waals surface area contributed by atoms with E-state index in [-0.39, 0.29) is 12.3 Å². The van der Waals surface area contributed by atoms with Gasteiger partial charge in [-0.25, -0.2) is 9.59 Å². The predicted molar refractivity (Wildman–Crippen MR) is 163 cm³/mol. The Morgan fingerprint density at radius 2 is 1.70 bits per heavy atom. The molecule has 0 aliphatic carbocycles. The van der Waals surface area contributed by atoms with Crippen LogP contribution in [-0.4, -0.2) is 82.9 Å².